The number of rotatable bonds is 0. The smallest absolute Gasteiger partial charge is 0.0632 e. The Balaban J connectivity index is 1.66. The fourth-order valence-corrected chi connectivity index (χ4v) is 7.25. The third-order valence-electron chi connectivity index (χ3n) is 8.44. The highest BCUT2D eigenvalue weighted by Gasteiger charge is 2.59. The van der Waals surface area contributed by atoms with E-state index in [2.05, 4.69) is 19.0 Å². The van der Waals surface area contributed by atoms with Gasteiger partial charge in [-0.25, -0.2) is 0 Å². The summed E-state index contributed by atoms with van der Waals surface area (Å²) in [6.07, 6.45) is 13.8. The highest BCUT2D eigenvalue weighted by Crippen LogP contribution is 2.65. The van der Waals surface area contributed by atoms with Gasteiger partial charge in [0.05, 0.1) is 5.71 Å². The average Bonchev–Trinajstić information content (AvgIpc) is 2.83. The minimum absolute atomic E-state index is 0.216. The molecule has 0 saturated heterocycles. The zero-order valence-corrected chi connectivity index (χ0v) is 13.8. The van der Waals surface area contributed by atoms with Crippen LogP contribution in [0.2, 0.25) is 0 Å². The summed E-state index contributed by atoms with van der Waals surface area (Å²) in [6.45, 7) is 5.03. The molecule has 1 N–H and O–H groups in total. The Kier molecular flexibility index (Phi) is 3.17. The Morgan fingerprint density at radius 1 is 0.952 bits per heavy atom. The zero-order valence-electron chi connectivity index (χ0n) is 13.8. The summed E-state index contributed by atoms with van der Waals surface area (Å²) in [5.41, 5.74) is 1.96. The van der Waals surface area contributed by atoms with Gasteiger partial charge in [-0.15, -0.1) is 0 Å². The van der Waals surface area contributed by atoms with Crippen LogP contribution < -0.4 is 0 Å². The summed E-state index contributed by atoms with van der Waals surface area (Å²) >= 11 is 0. The van der Waals surface area contributed by atoms with Crippen molar-refractivity contribution in [2.45, 2.75) is 78.1 Å². The summed E-state index contributed by atoms with van der Waals surface area (Å²) in [7, 11) is 0. The van der Waals surface area contributed by atoms with Gasteiger partial charge in [-0.05, 0) is 80.5 Å². The number of fused-ring (bicyclic) bond motifs is 5. The minimum Gasteiger partial charge on any atom is -0.411 e. The molecule has 0 amide bonds. The van der Waals surface area contributed by atoms with Gasteiger partial charge in [-0.1, -0.05) is 31.8 Å². The first-order valence-corrected chi connectivity index (χ1v) is 9.31. The second kappa shape index (κ2) is 4.73. The van der Waals surface area contributed by atoms with Crippen LogP contribution in [0.15, 0.2) is 5.16 Å². The maximum Gasteiger partial charge on any atom is 0.0632 e. The van der Waals surface area contributed by atoms with Crippen LogP contribution >= 0.6 is 0 Å². The summed E-state index contributed by atoms with van der Waals surface area (Å²) in [4.78, 5) is 0. The van der Waals surface area contributed by atoms with E-state index in [0.717, 1.165) is 35.8 Å². The molecular weight excluding hydrogens is 258 g/mol. The van der Waals surface area contributed by atoms with Gasteiger partial charge in [-0.2, -0.15) is 0 Å². The molecule has 4 aliphatic rings. The lowest BCUT2D eigenvalue weighted by molar-refractivity contribution is -0.0938. The lowest BCUT2D eigenvalue weighted by Gasteiger charge is -2.59. The van der Waals surface area contributed by atoms with Gasteiger partial charge in [0.2, 0.25) is 0 Å². The van der Waals surface area contributed by atoms with Gasteiger partial charge in [0, 0.05) is 5.41 Å². The largest absolute Gasteiger partial charge is 0.411 e. The van der Waals surface area contributed by atoms with E-state index in [4.69, 9.17) is 0 Å². The average molecular weight is 289 g/mol. The molecule has 0 unspecified atom stereocenters. The van der Waals surface area contributed by atoms with Crippen molar-refractivity contribution in [1.29, 1.82) is 0 Å². The first-order chi connectivity index (χ1) is 10.1. The maximum atomic E-state index is 9.39. The van der Waals surface area contributed by atoms with E-state index in [1.807, 2.05) is 0 Å². The van der Waals surface area contributed by atoms with Gasteiger partial charge >= 0.3 is 0 Å². The van der Waals surface area contributed by atoms with E-state index in [1.54, 1.807) is 0 Å². The van der Waals surface area contributed by atoms with Gasteiger partial charge in [0.1, 0.15) is 0 Å². The van der Waals surface area contributed by atoms with Crippen LogP contribution in [0.5, 0.6) is 0 Å². The molecule has 0 radical (unpaired) electrons. The summed E-state index contributed by atoms with van der Waals surface area (Å²) in [6, 6.07) is 0. The van der Waals surface area contributed by atoms with Crippen molar-refractivity contribution in [3.05, 3.63) is 0 Å². The molecule has 0 heterocycles. The van der Waals surface area contributed by atoms with Crippen molar-refractivity contribution in [3.8, 4) is 0 Å². The van der Waals surface area contributed by atoms with Crippen LogP contribution in [0.4, 0.5) is 0 Å². The van der Waals surface area contributed by atoms with Crippen LogP contribution in [0.25, 0.3) is 0 Å². The number of oxime groups is 1. The van der Waals surface area contributed by atoms with Crippen molar-refractivity contribution < 1.29 is 5.21 Å². The molecule has 21 heavy (non-hydrogen) atoms. The molecule has 4 fully saturated rings. The molecule has 0 spiro atoms. The molecule has 2 heteroatoms. The number of nitrogens with zero attached hydrogens (tertiary/aromatic N) is 1. The summed E-state index contributed by atoms with van der Waals surface area (Å²) < 4.78 is 0. The fraction of sp³-hybridized carbons (Fsp3) is 0.947. The van der Waals surface area contributed by atoms with Crippen molar-refractivity contribution in [2.24, 2.45) is 39.7 Å². The number of hydrogen-bond donors (Lipinski definition) is 1. The lowest BCUT2D eigenvalue weighted by Crippen LogP contribution is -2.52. The van der Waals surface area contributed by atoms with Gasteiger partial charge in [-0.3, -0.25) is 0 Å². The van der Waals surface area contributed by atoms with E-state index < -0.39 is 0 Å². The third kappa shape index (κ3) is 1.80. The molecule has 0 aromatic heterocycles. The Hall–Kier alpha value is -0.530. The fourth-order valence-electron chi connectivity index (χ4n) is 7.25. The third-order valence-corrected chi connectivity index (χ3v) is 8.44. The molecule has 4 aliphatic carbocycles. The van der Waals surface area contributed by atoms with Gasteiger partial charge in [0.25, 0.3) is 0 Å². The van der Waals surface area contributed by atoms with E-state index in [1.165, 1.54) is 57.8 Å². The van der Waals surface area contributed by atoms with Gasteiger partial charge in [0.15, 0.2) is 0 Å². The van der Waals surface area contributed by atoms with E-state index >= 15 is 0 Å². The Morgan fingerprint density at radius 2 is 1.81 bits per heavy atom. The Labute approximate surface area is 129 Å². The van der Waals surface area contributed by atoms with E-state index in [0.29, 0.717) is 5.41 Å². The zero-order chi connectivity index (χ0) is 14.7. The van der Waals surface area contributed by atoms with Crippen molar-refractivity contribution in [2.75, 3.05) is 0 Å². The lowest BCUT2D eigenvalue weighted by atomic mass is 9.45. The van der Waals surface area contributed by atoms with E-state index in [9.17, 15) is 5.21 Å². The standard InChI is InChI=1S/C19H31NO/c1-18-11-4-3-5-13(18)6-7-14-15-8-9-17(20-21)19(15,2)12-10-16(14)18/h13-16,21H,3-12H2,1-2H3/b20-17-/t13-,14-,15-,16-,18-,19+/m1/s1. The quantitative estimate of drug-likeness (QED) is 0.479. The van der Waals surface area contributed by atoms with Crippen LogP contribution in [0.3, 0.4) is 0 Å². The van der Waals surface area contributed by atoms with Crippen molar-refractivity contribution >= 4 is 5.71 Å². The molecular formula is C19H31NO. The highest BCUT2D eigenvalue weighted by atomic mass is 16.4. The minimum atomic E-state index is 0.216. The molecule has 4 saturated carbocycles. The van der Waals surface area contributed by atoms with Crippen LogP contribution in [-0.2, 0) is 0 Å². The highest BCUT2D eigenvalue weighted by molar-refractivity contribution is 5.91. The summed E-state index contributed by atoms with van der Waals surface area (Å²) in [5.74, 6) is 3.65. The monoisotopic (exact) mass is 289 g/mol. The normalized spacial score (nSPS) is 54.9. The Morgan fingerprint density at radius 3 is 2.62 bits per heavy atom. The van der Waals surface area contributed by atoms with E-state index in [-0.39, 0.29) is 5.41 Å². The van der Waals surface area contributed by atoms with Crippen molar-refractivity contribution in [3.63, 3.8) is 0 Å². The van der Waals surface area contributed by atoms with Crippen LogP contribution in [0, 0.1) is 34.5 Å². The second-order valence-corrected chi connectivity index (χ2v) is 8.94. The van der Waals surface area contributed by atoms with Gasteiger partial charge < -0.3 is 5.21 Å². The Bertz CT molecular complexity index is 458. The molecule has 0 bridgehead atoms. The first-order valence-electron chi connectivity index (χ1n) is 9.31. The predicted molar refractivity (Wildman–Crippen MR) is 85.6 cm³/mol. The van der Waals surface area contributed by atoms with Crippen LogP contribution in [0.1, 0.15) is 78.1 Å². The molecule has 2 nitrogen and oxygen atoms in total. The molecule has 0 aliphatic heterocycles. The molecule has 6 atom stereocenters. The molecule has 118 valence electrons. The predicted octanol–water partition coefficient (Wildman–Crippen LogP) is 5.25. The molecule has 0 aromatic rings. The molecule has 0 aromatic carbocycles. The van der Waals surface area contributed by atoms with Crippen molar-refractivity contribution in [1.82, 2.24) is 0 Å². The molecule has 4 rings (SSSR count). The number of hydrogen-bond acceptors (Lipinski definition) is 2. The van der Waals surface area contributed by atoms with Crippen LogP contribution in [-0.4, -0.2) is 10.9 Å². The maximum absolute atomic E-state index is 9.39. The second-order valence-electron chi connectivity index (χ2n) is 8.94. The summed E-state index contributed by atoms with van der Waals surface area (Å²) in [5, 5.41) is 13.1. The SMILES string of the molecule is C[C@@]12CCCC[C@@H]1CC[C@H]1[C@H]2CC[C@]2(C)/C(=N\O)CC[C@H]12. The topological polar surface area (TPSA) is 32.6 Å². The first kappa shape index (κ1) is 14.1.